The summed E-state index contributed by atoms with van der Waals surface area (Å²) in [5.41, 5.74) is 3.95. The Morgan fingerprint density at radius 1 is 1.13 bits per heavy atom. The normalized spacial score (nSPS) is 11.0. The molecule has 0 saturated heterocycles. The molecule has 1 aromatic heterocycles. The molecule has 0 radical (unpaired) electrons. The molecule has 0 saturated carbocycles. The fourth-order valence-corrected chi connectivity index (χ4v) is 3.55. The maximum absolute atomic E-state index is 12.4. The molecule has 30 heavy (non-hydrogen) atoms. The summed E-state index contributed by atoms with van der Waals surface area (Å²) < 4.78 is 7.63. The van der Waals surface area contributed by atoms with E-state index in [1.54, 1.807) is 0 Å². The first-order valence-corrected chi connectivity index (χ1v) is 10.9. The van der Waals surface area contributed by atoms with E-state index < -0.39 is 0 Å². The van der Waals surface area contributed by atoms with Crippen molar-refractivity contribution in [2.45, 2.75) is 32.9 Å². The first kappa shape index (κ1) is 21.9. The van der Waals surface area contributed by atoms with Crippen LogP contribution in [0.25, 0.3) is 11.4 Å². The average molecular weight is 425 g/mol. The van der Waals surface area contributed by atoms with Gasteiger partial charge in [0.05, 0.1) is 12.4 Å². The standard InChI is InChI=1S/C23H28N4O2S/c1-15(2)13-29-19-10-8-18(9-11-19)22-25-26-23(27(22)5)30-14-21(28)24-20-12-16(3)6-7-17(20)4/h6-12,15H,13-14H2,1-5H3,(H,24,28). The molecule has 0 bridgehead atoms. The highest BCUT2D eigenvalue weighted by Gasteiger charge is 2.14. The van der Waals surface area contributed by atoms with Gasteiger partial charge in [-0.2, -0.15) is 0 Å². The maximum Gasteiger partial charge on any atom is 0.234 e. The fraction of sp³-hybridized carbons (Fsp3) is 0.348. The topological polar surface area (TPSA) is 69.0 Å². The van der Waals surface area contributed by atoms with E-state index in [1.807, 2.05) is 67.9 Å². The van der Waals surface area contributed by atoms with E-state index in [2.05, 4.69) is 29.4 Å². The Balaban J connectivity index is 1.61. The number of rotatable bonds is 8. The molecule has 0 aliphatic heterocycles. The third-order valence-electron chi connectivity index (χ3n) is 4.53. The summed E-state index contributed by atoms with van der Waals surface area (Å²) in [7, 11) is 1.91. The van der Waals surface area contributed by atoms with Gasteiger partial charge in [0.15, 0.2) is 11.0 Å². The van der Waals surface area contributed by atoms with Gasteiger partial charge in [-0.1, -0.05) is 37.7 Å². The van der Waals surface area contributed by atoms with Crippen molar-refractivity contribution in [3.8, 4) is 17.1 Å². The molecule has 1 amide bonds. The highest BCUT2D eigenvalue weighted by Crippen LogP contribution is 2.25. The number of aryl methyl sites for hydroxylation is 2. The van der Waals surface area contributed by atoms with Crippen LogP contribution in [-0.2, 0) is 11.8 Å². The minimum atomic E-state index is -0.0649. The van der Waals surface area contributed by atoms with Gasteiger partial charge in [0.2, 0.25) is 5.91 Å². The molecular weight excluding hydrogens is 396 g/mol. The second-order valence-corrected chi connectivity index (χ2v) is 8.69. The van der Waals surface area contributed by atoms with Crippen LogP contribution in [0.15, 0.2) is 47.6 Å². The summed E-state index contributed by atoms with van der Waals surface area (Å²) in [4.78, 5) is 12.4. The van der Waals surface area contributed by atoms with E-state index in [9.17, 15) is 4.79 Å². The summed E-state index contributed by atoms with van der Waals surface area (Å²) >= 11 is 1.37. The minimum absolute atomic E-state index is 0.0649. The third-order valence-corrected chi connectivity index (χ3v) is 5.55. The lowest BCUT2D eigenvalue weighted by Crippen LogP contribution is -2.15. The fourth-order valence-electron chi connectivity index (χ4n) is 2.84. The zero-order chi connectivity index (χ0) is 21.7. The second kappa shape index (κ2) is 9.80. The van der Waals surface area contributed by atoms with Crippen molar-refractivity contribution in [1.82, 2.24) is 14.8 Å². The molecule has 158 valence electrons. The van der Waals surface area contributed by atoms with E-state index in [4.69, 9.17) is 4.74 Å². The van der Waals surface area contributed by atoms with Crippen LogP contribution in [0.5, 0.6) is 5.75 Å². The predicted molar refractivity (Wildman–Crippen MR) is 122 cm³/mol. The molecule has 1 heterocycles. The predicted octanol–water partition coefficient (Wildman–Crippen LogP) is 4.86. The molecule has 1 N–H and O–H groups in total. The van der Waals surface area contributed by atoms with E-state index in [-0.39, 0.29) is 11.7 Å². The van der Waals surface area contributed by atoms with Gasteiger partial charge in [0.25, 0.3) is 0 Å². The number of benzene rings is 2. The molecule has 7 heteroatoms. The van der Waals surface area contributed by atoms with Gasteiger partial charge >= 0.3 is 0 Å². The van der Waals surface area contributed by atoms with Crippen molar-refractivity contribution in [2.75, 3.05) is 17.7 Å². The number of aromatic nitrogens is 3. The van der Waals surface area contributed by atoms with Gasteiger partial charge in [-0.15, -0.1) is 10.2 Å². The zero-order valence-electron chi connectivity index (χ0n) is 18.1. The van der Waals surface area contributed by atoms with Crippen molar-refractivity contribution in [3.63, 3.8) is 0 Å². The number of carbonyl (C=O) groups is 1. The highest BCUT2D eigenvalue weighted by atomic mass is 32.2. The number of thioether (sulfide) groups is 1. The van der Waals surface area contributed by atoms with Crippen molar-refractivity contribution in [1.29, 1.82) is 0 Å². The smallest absolute Gasteiger partial charge is 0.234 e. The number of nitrogens with one attached hydrogen (secondary N) is 1. The second-order valence-electron chi connectivity index (χ2n) is 7.75. The van der Waals surface area contributed by atoms with Crippen LogP contribution >= 0.6 is 11.8 Å². The van der Waals surface area contributed by atoms with Gasteiger partial charge in [-0.3, -0.25) is 4.79 Å². The van der Waals surface area contributed by atoms with E-state index >= 15 is 0 Å². The Labute approximate surface area is 182 Å². The Bertz CT molecular complexity index is 1010. The van der Waals surface area contributed by atoms with E-state index in [1.165, 1.54) is 11.8 Å². The Hall–Kier alpha value is -2.80. The van der Waals surface area contributed by atoms with Gasteiger partial charge in [0, 0.05) is 18.3 Å². The molecule has 2 aromatic carbocycles. The van der Waals surface area contributed by atoms with Crippen LogP contribution < -0.4 is 10.1 Å². The first-order chi connectivity index (χ1) is 14.3. The summed E-state index contributed by atoms with van der Waals surface area (Å²) in [6.07, 6.45) is 0. The van der Waals surface area contributed by atoms with Crippen LogP contribution in [0, 0.1) is 19.8 Å². The number of hydrogen-bond donors (Lipinski definition) is 1. The molecule has 0 unspecified atom stereocenters. The van der Waals surface area contributed by atoms with Gasteiger partial charge in [-0.05, 0) is 61.2 Å². The van der Waals surface area contributed by atoms with Crippen LogP contribution in [0.4, 0.5) is 5.69 Å². The van der Waals surface area contributed by atoms with Gasteiger partial charge in [0.1, 0.15) is 5.75 Å². The Kier molecular flexibility index (Phi) is 7.15. The van der Waals surface area contributed by atoms with Crippen LogP contribution in [0.1, 0.15) is 25.0 Å². The van der Waals surface area contributed by atoms with Crippen molar-refractivity contribution in [3.05, 3.63) is 53.6 Å². The van der Waals surface area contributed by atoms with E-state index in [0.717, 1.165) is 34.0 Å². The Morgan fingerprint density at radius 2 is 1.87 bits per heavy atom. The zero-order valence-corrected chi connectivity index (χ0v) is 18.9. The molecule has 0 spiro atoms. The molecular formula is C23H28N4O2S. The molecule has 3 rings (SSSR count). The van der Waals surface area contributed by atoms with E-state index in [0.29, 0.717) is 17.7 Å². The quantitative estimate of drug-likeness (QED) is 0.523. The van der Waals surface area contributed by atoms with Crippen molar-refractivity contribution in [2.24, 2.45) is 13.0 Å². The lowest BCUT2D eigenvalue weighted by Gasteiger charge is -2.10. The average Bonchev–Trinajstić information content (AvgIpc) is 3.08. The number of ether oxygens (including phenoxy) is 1. The molecule has 0 aliphatic carbocycles. The highest BCUT2D eigenvalue weighted by molar-refractivity contribution is 7.99. The number of hydrogen-bond acceptors (Lipinski definition) is 5. The summed E-state index contributed by atoms with van der Waals surface area (Å²) in [6, 6.07) is 13.8. The van der Waals surface area contributed by atoms with Crippen molar-refractivity contribution < 1.29 is 9.53 Å². The SMILES string of the molecule is Cc1ccc(C)c(NC(=O)CSc2nnc(-c3ccc(OCC(C)C)cc3)n2C)c1. The lowest BCUT2D eigenvalue weighted by atomic mass is 10.1. The van der Waals surface area contributed by atoms with Gasteiger partial charge in [-0.25, -0.2) is 0 Å². The van der Waals surface area contributed by atoms with Gasteiger partial charge < -0.3 is 14.6 Å². The number of amides is 1. The lowest BCUT2D eigenvalue weighted by molar-refractivity contribution is -0.113. The Morgan fingerprint density at radius 3 is 2.57 bits per heavy atom. The van der Waals surface area contributed by atoms with Crippen LogP contribution in [0.3, 0.4) is 0 Å². The monoisotopic (exact) mass is 424 g/mol. The summed E-state index contributed by atoms with van der Waals surface area (Å²) in [6.45, 7) is 8.92. The number of carbonyl (C=O) groups excluding carboxylic acids is 1. The van der Waals surface area contributed by atoms with Crippen LogP contribution in [0.2, 0.25) is 0 Å². The maximum atomic E-state index is 12.4. The molecule has 0 atom stereocenters. The molecule has 6 nitrogen and oxygen atoms in total. The molecule has 0 fully saturated rings. The van der Waals surface area contributed by atoms with Crippen LogP contribution in [-0.4, -0.2) is 33.0 Å². The number of anilines is 1. The first-order valence-electron chi connectivity index (χ1n) is 9.96. The van der Waals surface area contributed by atoms with Crippen molar-refractivity contribution >= 4 is 23.4 Å². The minimum Gasteiger partial charge on any atom is -0.493 e. The molecule has 3 aromatic rings. The summed E-state index contributed by atoms with van der Waals surface area (Å²) in [5.74, 6) is 2.27. The largest absolute Gasteiger partial charge is 0.493 e. The summed E-state index contributed by atoms with van der Waals surface area (Å²) in [5, 5.41) is 12.2. The molecule has 0 aliphatic rings. The third kappa shape index (κ3) is 5.63. The number of nitrogens with zero attached hydrogens (tertiary/aromatic N) is 3.